The SMILES string of the molecule is CCn1nccc1C1(C(O)C(=O)O)CC1. The molecule has 0 bridgehead atoms. The predicted molar refractivity (Wildman–Crippen MR) is 52.5 cm³/mol. The Balaban J connectivity index is 2.34. The molecule has 5 heteroatoms. The quantitative estimate of drug-likeness (QED) is 0.753. The van der Waals surface area contributed by atoms with Crippen LogP contribution in [0.15, 0.2) is 12.3 Å². The zero-order valence-corrected chi connectivity index (χ0v) is 8.55. The standard InChI is InChI=1S/C10H14N2O3/c1-2-12-7(3-6-11-12)10(4-5-10)8(13)9(14)15/h3,6,8,13H,2,4-5H2,1H3,(H,14,15). The van der Waals surface area contributed by atoms with Crippen LogP contribution in [0.2, 0.25) is 0 Å². The normalized spacial score (nSPS) is 19.9. The van der Waals surface area contributed by atoms with Crippen molar-refractivity contribution in [3.05, 3.63) is 18.0 Å². The number of hydrogen-bond donors (Lipinski definition) is 2. The Labute approximate surface area is 87.3 Å². The summed E-state index contributed by atoms with van der Waals surface area (Å²) < 4.78 is 1.75. The summed E-state index contributed by atoms with van der Waals surface area (Å²) in [6.07, 6.45) is 1.76. The van der Waals surface area contributed by atoms with Crippen molar-refractivity contribution in [3.63, 3.8) is 0 Å². The molecular formula is C10H14N2O3. The first-order chi connectivity index (χ1) is 7.12. The molecule has 15 heavy (non-hydrogen) atoms. The van der Waals surface area contributed by atoms with E-state index >= 15 is 0 Å². The zero-order valence-electron chi connectivity index (χ0n) is 8.55. The largest absolute Gasteiger partial charge is 0.479 e. The molecule has 1 saturated carbocycles. The molecular weight excluding hydrogens is 196 g/mol. The Kier molecular flexibility index (Phi) is 2.26. The molecule has 0 saturated heterocycles. The van der Waals surface area contributed by atoms with Gasteiger partial charge in [0.1, 0.15) is 0 Å². The van der Waals surface area contributed by atoms with Crippen LogP contribution in [0.1, 0.15) is 25.5 Å². The first kappa shape index (κ1) is 10.2. The molecule has 0 aliphatic heterocycles. The van der Waals surface area contributed by atoms with Gasteiger partial charge in [-0.2, -0.15) is 5.10 Å². The van der Waals surface area contributed by atoms with E-state index in [2.05, 4.69) is 5.10 Å². The molecule has 1 unspecified atom stereocenters. The van der Waals surface area contributed by atoms with Crippen LogP contribution in [0.4, 0.5) is 0 Å². The van der Waals surface area contributed by atoms with Gasteiger partial charge in [-0.25, -0.2) is 4.79 Å². The van der Waals surface area contributed by atoms with Crippen LogP contribution < -0.4 is 0 Å². The summed E-state index contributed by atoms with van der Waals surface area (Å²) in [5, 5.41) is 22.6. The fourth-order valence-corrected chi connectivity index (χ4v) is 2.05. The van der Waals surface area contributed by atoms with Crippen LogP contribution in [0.25, 0.3) is 0 Å². The van der Waals surface area contributed by atoms with Crippen LogP contribution in [-0.2, 0) is 16.8 Å². The highest BCUT2D eigenvalue weighted by molar-refractivity contribution is 5.75. The van der Waals surface area contributed by atoms with Crippen molar-refractivity contribution in [1.29, 1.82) is 0 Å². The van der Waals surface area contributed by atoms with Gasteiger partial charge in [0.25, 0.3) is 0 Å². The van der Waals surface area contributed by atoms with E-state index in [-0.39, 0.29) is 0 Å². The van der Waals surface area contributed by atoms with E-state index in [4.69, 9.17) is 5.11 Å². The summed E-state index contributed by atoms with van der Waals surface area (Å²) >= 11 is 0. The molecule has 1 aromatic heterocycles. The molecule has 5 nitrogen and oxygen atoms in total. The molecule has 82 valence electrons. The third-order valence-electron chi connectivity index (χ3n) is 3.07. The van der Waals surface area contributed by atoms with Crippen LogP contribution in [0.3, 0.4) is 0 Å². The highest BCUT2D eigenvalue weighted by Crippen LogP contribution is 2.50. The first-order valence-corrected chi connectivity index (χ1v) is 5.05. The summed E-state index contributed by atoms with van der Waals surface area (Å²) in [5.74, 6) is -1.16. The van der Waals surface area contributed by atoms with Crippen molar-refractivity contribution in [3.8, 4) is 0 Å². The first-order valence-electron chi connectivity index (χ1n) is 5.05. The van der Waals surface area contributed by atoms with Crippen LogP contribution in [-0.4, -0.2) is 32.1 Å². The van der Waals surface area contributed by atoms with Crippen molar-refractivity contribution < 1.29 is 15.0 Å². The van der Waals surface area contributed by atoms with Gasteiger partial charge in [-0.05, 0) is 25.8 Å². The Morgan fingerprint density at radius 1 is 1.73 bits per heavy atom. The number of nitrogens with zero attached hydrogens (tertiary/aromatic N) is 2. The molecule has 1 aromatic rings. The second-order valence-corrected chi connectivity index (χ2v) is 3.93. The minimum atomic E-state index is -1.32. The number of aliphatic hydroxyl groups is 1. The summed E-state index contributed by atoms with van der Waals surface area (Å²) in [5.41, 5.74) is 0.234. The number of aliphatic carboxylic acids is 1. The average molecular weight is 210 g/mol. The van der Waals surface area contributed by atoms with Gasteiger partial charge in [0.2, 0.25) is 0 Å². The lowest BCUT2D eigenvalue weighted by atomic mass is 9.95. The number of rotatable bonds is 4. The number of carboxylic acid groups (broad SMARTS) is 1. The third kappa shape index (κ3) is 1.43. The lowest BCUT2D eigenvalue weighted by Gasteiger charge is -2.19. The van der Waals surface area contributed by atoms with Gasteiger partial charge in [0, 0.05) is 23.9 Å². The average Bonchev–Trinajstić information content (AvgIpc) is 2.88. The molecule has 0 spiro atoms. The molecule has 1 atom stereocenters. The maximum Gasteiger partial charge on any atom is 0.333 e. The second kappa shape index (κ2) is 3.34. The van der Waals surface area contributed by atoms with Crippen molar-refractivity contribution in [2.45, 2.75) is 37.8 Å². The van der Waals surface area contributed by atoms with Crippen LogP contribution >= 0.6 is 0 Å². The number of carbonyl (C=O) groups is 1. The van der Waals surface area contributed by atoms with Gasteiger partial charge in [0.05, 0.1) is 0 Å². The predicted octanol–water partition coefficient (Wildman–Crippen LogP) is 0.380. The topological polar surface area (TPSA) is 75.3 Å². The number of aryl methyl sites for hydroxylation is 1. The Bertz CT molecular complexity index is 382. The highest BCUT2D eigenvalue weighted by atomic mass is 16.4. The Morgan fingerprint density at radius 3 is 2.87 bits per heavy atom. The number of aliphatic hydroxyl groups excluding tert-OH is 1. The van der Waals surface area contributed by atoms with E-state index in [1.54, 1.807) is 16.9 Å². The molecule has 2 rings (SSSR count). The molecule has 0 amide bonds. The lowest BCUT2D eigenvalue weighted by molar-refractivity contribution is -0.148. The molecule has 1 aliphatic rings. The smallest absolute Gasteiger partial charge is 0.333 e. The second-order valence-electron chi connectivity index (χ2n) is 3.93. The molecule has 0 aromatic carbocycles. The maximum atomic E-state index is 10.8. The van der Waals surface area contributed by atoms with Gasteiger partial charge in [-0.1, -0.05) is 0 Å². The van der Waals surface area contributed by atoms with E-state index in [0.717, 1.165) is 5.69 Å². The summed E-state index contributed by atoms with van der Waals surface area (Å²) in [7, 11) is 0. The van der Waals surface area contributed by atoms with E-state index < -0.39 is 17.5 Å². The van der Waals surface area contributed by atoms with Crippen molar-refractivity contribution in [2.75, 3.05) is 0 Å². The summed E-state index contributed by atoms with van der Waals surface area (Å²) in [6.45, 7) is 2.64. The molecule has 1 fully saturated rings. The summed E-state index contributed by atoms with van der Waals surface area (Å²) in [4.78, 5) is 10.8. The van der Waals surface area contributed by atoms with Gasteiger partial charge in [-0.15, -0.1) is 0 Å². The Morgan fingerprint density at radius 2 is 2.40 bits per heavy atom. The van der Waals surface area contributed by atoms with E-state index in [9.17, 15) is 9.90 Å². The Hall–Kier alpha value is -1.36. The van der Waals surface area contributed by atoms with Crippen molar-refractivity contribution >= 4 is 5.97 Å². The van der Waals surface area contributed by atoms with E-state index in [1.165, 1.54) is 0 Å². The van der Waals surface area contributed by atoms with Gasteiger partial charge < -0.3 is 10.2 Å². The van der Waals surface area contributed by atoms with Crippen LogP contribution in [0, 0.1) is 0 Å². The van der Waals surface area contributed by atoms with E-state index in [0.29, 0.717) is 19.4 Å². The fourth-order valence-electron chi connectivity index (χ4n) is 2.05. The number of carboxylic acids is 1. The van der Waals surface area contributed by atoms with Gasteiger partial charge in [-0.3, -0.25) is 4.68 Å². The number of hydrogen-bond acceptors (Lipinski definition) is 3. The van der Waals surface area contributed by atoms with Gasteiger partial charge >= 0.3 is 5.97 Å². The molecule has 1 heterocycles. The molecule has 2 N–H and O–H groups in total. The monoisotopic (exact) mass is 210 g/mol. The third-order valence-corrected chi connectivity index (χ3v) is 3.07. The lowest BCUT2D eigenvalue weighted by Crippen LogP contribution is -2.35. The number of aromatic nitrogens is 2. The summed E-state index contributed by atoms with van der Waals surface area (Å²) in [6, 6.07) is 1.79. The molecule has 1 aliphatic carbocycles. The minimum Gasteiger partial charge on any atom is -0.479 e. The highest BCUT2D eigenvalue weighted by Gasteiger charge is 2.55. The van der Waals surface area contributed by atoms with E-state index in [1.807, 2.05) is 6.92 Å². The molecule has 0 radical (unpaired) electrons. The minimum absolute atomic E-state index is 0.599. The fraction of sp³-hybridized carbons (Fsp3) is 0.600. The van der Waals surface area contributed by atoms with Crippen molar-refractivity contribution in [1.82, 2.24) is 9.78 Å². The zero-order chi connectivity index (χ0) is 11.1. The van der Waals surface area contributed by atoms with Crippen LogP contribution in [0.5, 0.6) is 0 Å². The van der Waals surface area contributed by atoms with Gasteiger partial charge in [0.15, 0.2) is 6.10 Å². The maximum absolute atomic E-state index is 10.8. The van der Waals surface area contributed by atoms with Crippen molar-refractivity contribution in [2.24, 2.45) is 0 Å².